The predicted molar refractivity (Wildman–Crippen MR) is 62.0 cm³/mol. The first-order chi connectivity index (χ1) is 7.54. The van der Waals surface area contributed by atoms with Crippen LogP contribution in [0.3, 0.4) is 0 Å². The molecule has 0 atom stereocenters. The largest absolute Gasteiger partial charge is 0.396 e. The normalized spacial score (nSPS) is 17.9. The van der Waals surface area contributed by atoms with Gasteiger partial charge in [0, 0.05) is 18.3 Å². The first-order valence-electron chi connectivity index (χ1n) is 5.69. The molecule has 0 spiro atoms. The molecular formula is C11H18N4O. The molecule has 1 aromatic heterocycles. The second-order valence-corrected chi connectivity index (χ2v) is 4.66. The highest BCUT2D eigenvalue weighted by Crippen LogP contribution is 2.31. The summed E-state index contributed by atoms with van der Waals surface area (Å²) in [4.78, 5) is 11.9. The van der Waals surface area contributed by atoms with E-state index in [1.807, 2.05) is 6.92 Å². The summed E-state index contributed by atoms with van der Waals surface area (Å²) in [6, 6.07) is 0. The lowest BCUT2D eigenvalue weighted by Crippen LogP contribution is -2.51. The van der Waals surface area contributed by atoms with Crippen molar-refractivity contribution in [2.24, 2.45) is 0 Å². The van der Waals surface area contributed by atoms with Crippen LogP contribution in [0.5, 0.6) is 0 Å². The number of aryl methyl sites for hydroxylation is 1. The number of nitrogens with two attached hydrogens (primary N) is 1. The van der Waals surface area contributed by atoms with Crippen LogP contribution in [0.2, 0.25) is 0 Å². The Bertz CT molecular complexity index is 406. The Hall–Kier alpha value is -1.52. The van der Waals surface area contributed by atoms with Gasteiger partial charge in [-0.2, -0.15) is 5.10 Å². The van der Waals surface area contributed by atoms with Gasteiger partial charge in [0.25, 0.3) is 5.91 Å². The second-order valence-electron chi connectivity index (χ2n) is 4.66. The highest BCUT2D eigenvalue weighted by atomic mass is 16.2. The smallest absolute Gasteiger partial charge is 0.274 e. The van der Waals surface area contributed by atoms with E-state index in [0.29, 0.717) is 11.4 Å². The summed E-state index contributed by atoms with van der Waals surface area (Å²) < 4.78 is 1.67. The van der Waals surface area contributed by atoms with Crippen LogP contribution < -0.4 is 11.1 Å². The van der Waals surface area contributed by atoms with Gasteiger partial charge >= 0.3 is 0 Å². The zero-order valence-corrected chi connectivity index (χ0v) is 9.79. The predicted octanol–water partition coefficient (Wildman–Crippen LogP) is 1.16. The van der Waals surface area contributed by atoms with Crippen LogP contribution in [0.1, 0.15) is 43.6 Å². The average molecular weight is 222 g/mol. The molecule has 16 heavy (non-hydrogen) atoms. The zero-order chi connectivity index (χ0) is 11.8. The molecule has 5 heteroatoms. The van der Waals surface area contributed by atoms with Gasteiger partial charge in [-0.05, 0) is 33.1 Å². The Balaban J connectivity index is 2.11. The summed E-state index contributed by atoms with van der Waals surface area (Å²) in [5.74, 6) is -0.160. The van der Waals surface area contributed by atoms with Crippen molar-refractivity contribution in [2.75, 3.05) is 5.73 Å². The number of nitrogens with one attached hydrogen (secondary N) is 1. The van der Waals surface area contributed by atoms with Gasteiger partial charge in [0.05, 0.1) is 5.69 Å². The van der Waals surface area contributed by atoms with Crippen molar-refractivity contribution < 1.29 is 4.79 Å². The molecule has 0 saturated heterocycles. The van der Waals surface area contributed by atoms with Crippen LogP contribution in [0.4, 0.5) is 5.69 Å². The van der Waals surface area contributed by atoms with Crippen LogP contribution in [0, 0.1) is 0 Å². The summed E-state index contributed by atoms with van der Waals surface area (Å²) in [6.07, 6.45) is 4.94. The molecule has 0 radical (unpaired) electrons. The third-order valence-electron chi connectivity index (χ3n) is 3.20. The topological polar surface area (TPSA) is 72.9 Å². The van der Waals surface area contributed by atoms with Gasteiger partial charge in [-0.25, -0.2) is 0 Å². The number of hydrogen-bond acceptors (Lipinski definition) is 3. The maximum absolute atomic E-state index is 11.9. The number of nitrogens with zero attached hydrogens (tertiary/aromatic N) is 2. The minimum Gasteiger partial charge on any atom is -0.396 e. The van der Waals surface area contributed by atoms with Gasteiger partial charge in [0.15, 0.2) is 5.69 Å². The molecule has 0 bridgehead atoms. The molecule has 1 aliphatic carbocycles. The van der Waals surface area contributed by atoms with Gasteiger partial charge in [-0.1, -0.05) is 0 Å². The standard InChI is InChI=1S/C11H18N4O/c1-3-15-7-8(12)9(14-15)10(16)13-11(2)5-4-6-11/h7H,3-6,12H2,1-2H3,(H,13,16). The molecule has 0 aromatic carbocycles. The number of rotatable bonds is 3. The number of aromatic nitrogens is 2. The first-order valence-corrected chi connectivity index (χ1v) is 5.69. The minimum absolute atomic E-state index is 0.0560. The molecule has 1 amide bonds. The van der Waals surface area contributed by atoms with Crippen molar-refractivity contribution in [1.82, 2.24) is 15.1 Å². The fourth-order valence-corrected chi connectivity index (χ4v) is 1.94. The van der Waals surface area contributed by atoms with E-state index >= 15 is 0 Å². The number of anilines is 1. The van der Waals surface area contributed by atoms with Gasteiger partial charge in [-0.3, -0.25) is 9.48 Å². The maximum Gasteiger partial charge on any atom is 0.274 e. The Labute approximate surface area is 95.0 Å². The molecule has 1 heterocycles. The van der Waals surface area contributed by atoms with Crippen molar-refractivity contribution in [2.45, 2.75) is 45.2 Å². The maximum atomic E-state index is 11.9. The van der Waals surface area contributed by atoms with Gasteiger partial charge in [-0.15, -0.1) is 0 Å². The van der Waals surface area contributed by atoms with E-state index in [0.717, 1.165) is 19.4 Å². The third-order valence-corrected chi connectivity index (χ3v) is 3.20. The molecular weight excluding hydrogens is 204 g/mol. The summed E-state index contributed by atoms with van der Waals surface area (Å²) in [5.41, 5.74) is 6.49. The summed E-state index contributed by atoms with van der Waals surface area (Å²) >= 11 is 0. The van der Waals surface area contributed by atoms with Crippen molar-refractivity contribution in [3.63, 3.8) is 0 Å². The second kappa shape index (κ2) is 3.81. The summed E-state index contributed by atoms with van der Waals surface area (Å²) in [5, 5.41) is 7.14. The lowest BCUT2D eigenvalue weighted by atomic mass is 9.78. The van der Waals surface area contributed by atoms with E-state index in [-0.39, 0.29) is 11.4 Å². The summed E-state index contributed by atoms with van der Waals surface area (Å²) in [7, 11) is 0. The number of amides is 1. The minimum atomic E-state index is -0.160. The highest BCUT2D eigenvalue weighted by Gasteiger charge is 2.34. The SMILES string of the molecule is CCn1cc(N)c(C(=O)NC2(C)CCC2)n1. The molecule has 88 valence electrons. The molecule has 1 aliphatic rings. The Morgan fingerprint density at radius 1 is 1.69 bits per heavy atom. The molecule has 1 aromatic rings. The lowest BCUT2D eigenvalue weighted by molar-refractivity contribution is 0.0845. The molecule has 1 fully saturated rings. The van der Waals surface area contributed by atoms with Crippen molar-refractivity contribution in [3.05, 3.63) is 11.9 Å². The Kier molecular flexibility index (Phi) is 2.61. The molecule has 1 saturated carbocycles. The average Bonchev–Trinajstić information content (AvgIpc) is 2.57. The Morgan fingerprint density at radius 2 is 2.38 bits per heavy atom. The van der Waals surface area contributed by atoms with Crippen molar-refractivity contribution >= 4 is 11.6 Å². The van der Waals surface area contributed by atoms with Gasteiger partial charge in [0.1, 0.15) is 0 Å². The number of hydrogen-bond donors (Lipinski definition) is 2. The highest BCUT2D eigenvalue weighted by molar-refractivity contribution is 5.97. The Morgan fingerprint density at radius 3 is 2.81 bits per heavy atom. The zero-order valence-electron chi connectivity index (χ0n) is 9.79. The fourth-order valence-electron chi connectivity index (χ4n) is 1.94. The molecule has 0 aliphatic heterocycles. The third kappa shape index (κ3) is 1.89. The number of carbonyl (C=O) groups excluding carboxylic acids is 1. The summed E-state index contributed by atoms with van der Waals surface area (Å²) in [6.45, 7) is 4.73. The fraction of sp³-hybridized carbons (Fsp3) is 0.636. The van der Waals surface area contributed by atoms with Gasteiger partial charge < -0.3 is 11.1 Å². The van der Waals surface area contributed by atoms with E-state index < -0.39 is 0 Å². The molecule has 5 nitrogen and oxygen atoms in total. The quantitative estimate of drug-likeness (QED) is 0.806. The van der Waals surface area contributed by atoms with E-state index in [9.17, 15) is 4.79 Å². The van der Waals surface area contributed by atoms with Crippen LogP contribution in [-0.4, -0.2) is 21.2 Å². The molecule has 2 rings (SSSR count). The van der Waals surface area contributed by atoms with Crippen molar-refractivity contribution in [3.8, 4) is 0 Å². The number of nitrogen functional groups attached to an aromatic ring is 1. The van der Waals surface area contributed by atoms with E-state index in [1.54, 1.807) is 10.9 Å². The van der Waals surface area contributed by atoms with Crippen LogP contribution in [-0.2, 0) is 6.54 Å². The van der Waals surface area contributed by atoms with Crippen LogP contribution in [0.25, 0.3) is 0 Å². The van der Waals surface area contributed by atoms with Crippen LogP contribution in [0.15, 0.2) is 6.20 Å². The van der Waals surface area contributed by atoms with Gasteiger partial charge in [0.2, 0.25) is 0 Å². The molecule has 3 N–H and O–H groups in total. The van der Waals surface area contributed by atoms with E-state index in [4.69, 9.17) is 5.73 Å². The monoisotopic (exact) mass is 222 g/mol. The van der Waals surface area contributed by atoms with E-state index in [1.165, 1.54) is 6.42 Å². The lowest BCUT2D eigenvalue weighted by Gasteiger charge is -2.38. The van der Waals surface area contributed by atoms with E-state index in [2.05, 4.69) is 17.3 Å². The number of carbonyl (C=O) groups is 1. The van der Waals surface area contributed by atoms with Crippen molar-refractivity contribution in [1.29, 1.82) is 0 Å². The first kappa shape index (κ1) is 11.0. The van der Waals surface area contributed by atoms with Crippen LogP contribution >= 0.6 is 0 Å². The molecule has 0 unspecified atom stereocenters.